The molecule has 1 N–H and O–H groups in total. The van der Waals surface area contributed by atoms with E-state index in [-0.39, 0.29) is 24.7 Å². The SMILES string of the molecule is CC1COC(CO)CN1C(=O)CCc1cccc(Cl)c1Cl. The third-order valence-electron chi connectivity index (χ3n) is 3.67. The van der Waals surface area contributed by atoms with Crippen LogP contribution in [0, 0.1) is 0 Å². The van der Waals surface area contributed by atoms with Crippen molar-refractivity contribution < 1.29 is 14.6 Å². The largest absolute Gasteiger partial charge is 0.394 e. The number of aliphatic hydroxyl groups excluding tert-OH is 1. The second-order valence-corrected chi connectivity index (χ2v) is 6.03. The van der Waals surface area contributed by atoms with Gasteiger partial charge in [-0.2, -0.15) is 0 Å². The Morgan fingerprint density at radius 3 is 2.95 bits per heavy atom. The summed E-state index contributed by atoms with van der Waals surface area (Å²) < 4.78 is 5.43. The number of amides is 1. The Morgan fingerprint density at radius 2 is 2.24 bits per heavy atom. The molecule has 1 aromatic rings. The Kier molecular flexibility index (Phi) is 5.88. The number of rotatable bonds is 4. The van der Waals surface area contributed by atoms with Crippen molar-refractivity contribution in [3.8, 4) is 0 Å². The molecule has 1 fully saturated rings. The third kappa shape index (κ3) is 4.10. The summed E-state index contributed by atoms with van der Waals surface area (Å²) in [5.74, 6) is 0.0419. The number of ether oxygens (including phenoxy) is 1. The van der Waals surface area contributed by atoms with E-state index in [1.165, 1.54) is 0 Å². The first kappa shape index (κ1) is 16.6. The summed E-state index contributed by atoms with van der Waals surface area (Å²) in [4.78, 5) is 14.1. The van der Waals surface area contributed by atoms with Gasteiger partial charge in [0.15, 0.2) is 0 Å². The van der Waals surface area contributed by atoms with Crippen molar-refractivity contribution in [3.05, 3.63) is 33.8 Å². The molecular weight excluding hydrogens is 313 g/mol. The lowest BCUT2D eigenvalue weighted by molar-refractivity contribution is -0.146. The molecule has 1 aliphatic rings. The Labute approximate surface area is 134 Å². The molecule has 0 spiro atoms. The van der Waals surface area contributed by atoms with E-state index in [9.17, 15) is 4.79 Å². The lowest BCUT2D eigenvalue weighted by Gasteiger charge is -2.37. The Hall–Kier alpha value is -0.810. The van der Waals surface area contributed by atoms with Crippen molar-refractivity contribution in [2.75, 3.05) is 19.8 Å². The number of aryl methyl sites for hydroxylation is 1. The van der Waals surface area contributed by atoms with Crippen LogP contribution in [0.5, 0.6) is 0 Å². The molecule has 1 aromatic carbocycles. The van der Waals surface area contributed by atoms with E-state index >= 15 is 0 Å². The summed E-state index contributed by atoms with van der Waals surface area (Å²) in [6.45, 7) is 2.75. The van der Waals surface area contributed by atoms with E-state index < -0.39 is 0 Å². The minimum Gasteiger partial charge on any atom is -0.394 e. The molecule has 0 bridgehead atoms. The molecule has 0 aliphatic carbocycles. The normalized spacial score (nSPS) is 22.4. The second-order valence-electron chi connectivity index (χ2n) is 5.25. The molecule has 6 heteroatoms. The van der Waals surface area contributed by atoms with Crippen molar-refractivity contribution >= 4 is 29.1 Å². The number of benzene rings is 1. The number of carbonyl (C=O) groups excluding carboxylic acids is 1. The van der Waals surface area contributed by atoms with Gasteiger partial charge in [0.05, 0.1) is 35.4 Å². The fourth-order valence-corrected chi connectivity index (χ4v) is 2.82. The van der Waals surface area contributed by atoms with Crippen LogP contribution < -0.4 is 0 Å². The first-order valence-electron chi connectivity index (χ1n) is 6.97. The van der Waals surface area contributed by atoms with Gasteiger partial charge in [-0.15, -0.1) is 0 Å². The van der Waals surface area contributed by atoms with Crippen molar-refractivity contribution in [2.45, 2.75) is 31.9 Å². The van der Waals surface area contributed by atoms with Gasteiger partial charge in [-0.3, -0.25) is 4.79 Å². The molecule has 0 aromatic heterocycles. The molecule has 1 amide bonds. The topological polar surface area (TPSA) is 49.8 Å². The molecule has 2 unspecified atom stereocenters. The first-order chi connectivity index (χ1) is 10.0. The highest BCUT2D eigenvalue weighted by atomic mass is 35.5. The van der Waals surface area contributed by atoms with Crippen molar-refractivity contribution in [1.29, 1.82) is 0 Å². The van der Waals surface area contributed by atoms with Gasteiger partial charge in [-0.05, 0) is 25.0 Å². The molecule has 2 atom stereocenters. The zero-order valence-electron chi connectivity index (χ0n) is 11.9. The number of carbonyl (C=O) groups is 1. The maximum absolute atomic E-state index is 12.4. The maximum atomic E-state index is 12.4. The lowest BCUT2D eigenvalue weighted by atomic mass is 10.1. The smallest absolute Gasteiger partial charge is 0.223 e. The molecule has 1 saturated heterocycles. The predicted octanol–water partition coefficient (Wildman–Crippen LogP) is 2.53. The number of nitrogens with zero attached hydrogens (tertiary/aromatic N) is 1. The fraction of sp³-hybridized carbons (Fsp3) is 0.533. The predicted molar refractivity (Wildman–Crippen MR) is 82.8 cm³/mol. The summed E-state index contributed by atoms with van der Waals surface area (Å²) in [6.07, 6.45) is 0.620. The summed E-state index contributed by atoms with van der Waals surface area (Å²) >= 11 is 12.1. The zero-order valence-corrected chi connectivity index (χ0v) is 13.4. The van der Waals surface area contributed by atoms with Gasteiger partial charge in [0.25, 0.3) is 0 Å². The number of halogens is 2. The average Bonchev–Trinajstić information content (AvgIpc) is 2.49. The molecule has 0 radical (unpaired) electrons. The van der Waals surface area contributed by atoms with Gasteiger partial charge in [0.1, 0.15) is 0 Å². The molecule has 1 heterocycles. The summed E-state index contributed by atoms with van der Waals surface area (Å²) in [5.41, 5.74) is 0.872. The van der Waals surface area contributed by atoms with E-state index in [2.05, 4.69) is 0 Å². The minimum atomic E-state index is -0.292. The highest BCUT2D eigenvalue weighted by Gasteiger charge is 2.28. The summed E-state index contributed by atoms with van der Waals surface area (Å²) in [7, 11) is 0. The van der Waals surface area contributed by atoms with Gasteiger partial charge in [0.2, 0.25) is 5.91 Å². The van der Waals surface area contributed by atoms with Gasteiger partial charge in [-0.25, -0.2) is 0 Å². The Balaban J connectivity index is 1.96. The number of aliphatic hydroxyl groups is 1. The van der Waals surface area contributed by atoms with Crippen LogP contribution in [0.15, 0.2) is 18.2 Å². The lowest BCUT2D eigenvalue weighted by Crippen LogP contribution is -2.52. The van der Waals surface area contributed by atoms with E-state index in [1.807, 2.05) is 19.1 Å². The van der Waals surface area contributed by atoms with Gasteiger partial charge < -0.3 is 14.7 Å². The average molecular weight is 332 g/mol. The third-order valence-corrected chi connectivity index (χ3v) is 4.53. The molecule has 2 rings (SSSR count). The van der Waals surface area contributed by atoms with Crippen molar-refractivity contribution in [2.24, 2.45) is 0 Å². The van der Waals surface area contributed by atoms with Crippen molar-refractivity contribution in [1.82, 2.24) is 4.90 Å². The van der Waals surface area contributed by atoms with Crippen LogP contribution in [0.1, 0.15) is 18.9 Å². The van der Waals surface area contributed by atoms with Gasteiger partial charge in [-0.1, -0.05) is 35.3 Å². The number of morpholine rings is 1. The molecule has 1 aliphatic heterocycles. The van der Waals surface area contributed by atoms with E-state index in [0.29, 0.717) is 36.0 Å². The van der Waals surface area contributed by atoms with Crippen LogP contribution in [-0.2, 0) is 16.0 Å². The highest BCUT2D eigenvalue weighted by molar-refractivity contribution is 6.42. The molecule has 4 nitrogen and oxygen atoms in total. The van der Waals surface area contributed by atoms with Gasteiger partial charge >= 0.3 is 0 Å². The summed E-state index contributed by atoms with van der Waals surface area (Å²) in [6, 6.07) is 5.45. The molecular formula is C15H19Cl2NO3. The Bertz CT molecular complexity index is 510. The van der Waals surface area contributed by atoms with Crippen LogP contribution in [0.2, 0.25) is 10.0 Å². The number of hydrogen-bond donors (Lipinski definition) is 1. The molecule has 0 saturated carbocycles. The monoisotopic (exact) mass is 331 g/mol. The standard InChI is InChI=1S/C15H19Cl2NO3/c1-10-9-21-12(8-19)7-18(10)14(20)6-5-11-3-2-4-13(16)15(11)17/h2-4,10,12,19H,5-9H2,1H3. The van der Waals surface area contributed by atoms with E-state index in [1.54, 1.807) is 11.0 Å². The van der Waals surface area contributed by atoms with E-state index in [0.717, 1.165) is 5.56 Å². The van der Waals surface area contributed by atoms with Crippen LogP contribution in [-0.4, -0.2) is 47.8 Å². The second kappa shape index (κ2) is 7.45. The summed E-state index contributed by atoms with van der Waals surface area (Å²) in [5, 5.41) is 10.2. The van der Waals surface area contributed by atoms with E-state index in [4.69, 9.17) is 33.0 Å². The molecule has 21 heavy (non-hydrogen) atoms. The highest BCUT2D eigenvalue weighted by Crippen LogP contribution is 2.26. The van der Waals surface area contributed by atoms with Crippen molar-refractivity contribution in [3.63, 3.8) is 0 Å². The zero-order chi connectivity index (χ0) is 15.4. The van der Waals surface area contributed by atoms with Crippen LogP contribution >= 0.6 is 23.2 Å². The maximum Gasteiger partial charge on any atom is 0.223 e. The number of hydrogen-bond acceptors (Lipinski definition) is 3. The quantitative estimate of drug-likeness (QED) is 0.922. The van der Waals surface area contributed by atoms with Gasteiger partial charge in [0, 0.05) is 13.0 Å². The minimum absolute atomic E-state index is 0.0233. The Morgan fingerprint density at radius 1 is 1.48 bits per heavy atom. The van der Waals surface area contributed by atoms with Crippen LogP contribution in [0.4, 0.5) is 0 Å². The molecule has 116 valence electrons. The van der Waals surface area contributed by atoms with Crippen LogP contribution in [0.25, 0.3) is 0 Å². The first-order valence-corrected chi connectivity index (χ1v) is 7.73. The fourth-order valence-electron chi connectivity index (χ4n) is 2.40. The van der Waals surface area contributed by atoms with Crippen LogP contribution in [0.3, 0.4) is 0 Å².